The maximum atomic E-state index is 12.9. The van der Waals surface area contributed by atoms with E-state index >= 15 is 0 Å². The van der Waals surface area contributed by atoms with Gasteiger partial charge in [-0.2, -0.15) is 0 Å². The molecule has 3 aromatic rings. The van der Waals surface area contributed by atoms with Crippen molar-refractivity contribution in [3.8, 4) is 22.6 Å². The summed E-state index contributed by atoms with van der Waals surface area (Å²) in [6.07, 6.45) is -5.14. The predicted molar refractivity (Wildman–Crippen MR) is 104 cm³/mol. The summed E-state index contributed by atoms with van der Waals surface area (Å²) in [5, 5.41) is 18.7. The fourth-order valence-corrected chi connectivity index (χ4v) is 3.93. The first-order valence-corrected chi connectivity index (χ1v) is 9.99. The van der Waals surface area contributed by atoms with Crippen molar-refractivity contribution in [1.82, 2.24) is 0 Å². The summed E-state index contributed by atoms with van der Waals surface area (Å²) in [5.74, 6) is -3.12. The molecule has 0 spiro atoms. The van der Waals surface area contributed by atoms with Crippen LogP contribution in [0.5, 0.6) is 11.5 Å². The van der Waals surface area contributed by atoms with Gasteiger partial charge in [-0.25, -0.2) is 13.2 Å². The van der Waals surface area contributed by atoms with Gasteiger partial charge in [0.15, 0.2) is 0 Å². The third kappa shape index (κ3) is 5.25. The lowest BCUT2D eigenvalue weighted by Crippen LogP contribution is -2.21. The summed E-state index contributed by atoms with van der Waals surface area (Å²) >= 11 is 0. The zero-order valence-electron chi connectivity index (χ0n) is 15.4. The zero-order valence-corrected chi connectivity index (χ0v) is 16.2. The molecule has 0 aliphatic carbocycles. The highest BCUT2D eigenvalue weighted by atomic mass is 32.2. The summed E-state index contributed by atoms with van der Waals surface area (Å²) in [6.45, 7) is 0. The number of carboxylic acids is 1. The number of carboxylic acid groups (broad SMARTS) is 1. The molecule has 0 heterocycles. The van der Waals surface area contributed by atoms with Gasteiger partial charge < -0.3 is 14.9 Å². The van der Waals surface area contributed by atoms with Crippen molar-refractivity contribution in [2.24, 2.45) is 0 Å². The molecule has 3 N–H and O–H groups in total. The van der Waals surface area contributed by atoms with Gasteiger partial charge >= 0.3 is 12.3 Å². The Labute approximate surface area is 174 Å². The Morgan fingerprint density at radius 2 is 1.61 bits per heavy atom. The van der Waals surface area contributed by atoms with Crippen LogP contribution in [-0.4, -0.2) is 31.0 Å². The van der Waals surface area contributed by atoms with Gasteiger partial charge in [-0.1, -0.05) is 36.4 Å². The molecule has 3 aromatic carbocycles. The molecular formula is C20H14F3NO6S. The number of ether oxygens (including phenoxy) is 1. The van der Waals surface area contributed by atoms with E-state index in [4.69, 9.17) is 5.11 Å². The number of sulfonamides is 1. The fraction of sp³-hybridized carbons (Fsp3) is 0.0500. The van der Waals surface area contributed by atoms with Crippen molar-refractivity contribution >= 4 is 21.7 Å². The zero-order chi connectivity index (χ0) is 22.8. The molecule has 0 bridgehead atoms. The highest BCUT2D eigenvalue weighted by molar-refractivity contribution is 7.92. The van der Waals surface area contributed by atoms with Crippen LogP contribution in [0.4, 0.5) is 18.9 Å². The maximum Gasteiger partial charge on any atom is 0.573 e. The standard InChI is InChI=1S/C20H14F3NO6S/c21-20(22,23)30-17-9-6-13(12-4-2-1-3-5-12)10-18(17)31(28,29)24-14-7-8-15(19(26)27)16(25)11-14/h1-11,24-25H,(H,26,27). The molecule has 11 heteroatoms. The molecule has 0 amide bonds. The molecule has 162 valence electrons. The maximum absolute atomic E-state index is 12.9. The average Bonchev–Trinajstić information content (AvgIpc) is 2.67. The van der Waals surface area contributed by atoms with E-state index in [2.05, 4.69) is 4.74 Å². The van der Waals surface area contributed by atoms with Crippen LogP contribution in [0.2, 0.25) is 0 Å². The smallest absolute Gasteiger partial charge is 0.507 e. The molecule has 0 fully saturated rings. The lowest BCUT2D eigenvalue weighted by molar-refractivity contribution is -0.275. The number of aromatic carboxylic acids is 1. The second-order valence-corrected chi connectivity index (χ2v) is 7.87. The van der Waals surface area contributed by atoms with E-state index in [1.165, 1.54) is 6.07 Å². The average molecular weight is 453 g/mol. The van der Waals surface area contributed by atoms with Crippen molar-refractivity contribution in [1.29, 1.82) is 0 Å². The minimum atomic E-state index is -5.14. The van der Waals surface area contributed by atoms with Gasteiger partial charge in [0.1, 0.15) is 22.0 Å². The van der Waals surface area contributed by atoms with Crippen LogP contribution in [0.1, 0.15) is 10.4 Å². The van der Waals surface area contributed by atoms with E-state index in [0.29, 0.717) is 11.1 Å². The summed E-state index contributed by atoms with van der Waals surface area (Å²) < 4.78 is 70.0. The number of carbonyl (C=O) groups is 1. The molecule has 0 aromatic heterocycles. The number of nitrogens with one attached hydrogen (secondary N) is 1. The van der Waals surface area contributed by atoms with Gasteiger partial charge in [-0.05, 0) is 35.4 Å². The van der Waals surface area contributed by atoms with Gasteiger partial charge in [0, 0.05) is 6.07 Å². The van der Waals surface area contributed by atoms with Gasteiger partial charge in [-0.3, -0.25) is 4.72 Å². The Morgan fingerprint density at radius 1 is 0.935 bits per heavy atom. The van der Waals surface area contributed by atoms with E-state index < -0.39 is 44.3 Å². The van der Waals surface area contributed by atoms with Crippen molar-refractivity contribution in [3.05, 3.63) is 72.3 Å². The summed E-state index contributed by atoms with van der Waals surface area (Å²) in [6, 6.07) is 14.4. The molecule has 0 saturated heterocycles. The third-order valence-corrected chi connectivity index (χ3v) is 5.45. The topological polar surface area (TPSA) is 113 Å². The quantitative estimate of drug-likeness (QED) is 0.508. The van der Waals surface area contributed by atoms with E-state index in [0.717, 1.165) is 30.3 Å². The first-order chi connectivity index (χ1) is 14.5. The summed E-state index contributed by atoms with van der Waals surface area (Å²) in [5.41, 5.74) is 0.140. The lowest BCUT2D eigenvalue weighted by Gasteiger charge is -2.16. The van der Waals surface area contributed by atoms with Crippen molar-refractivity contribution in [2.75, 3.05) is 4.72 Å². The Hall–Kier alpha value is -3.73. The molecule has 0 atom stereocenters. The van der Waals surface area contributed by atoms with E-state index in [1.807, 2.05) is 4.72 Å². The van der Waals surface area contributed by atoms with Crippen molar-refractivity contribution in [2.45, 2.75) is 11.3 Å². The van der Waals surface area contributed by atoms with Crippen LogP contribution in [0.25, 0.3) is 11.1 Å². The van der Waals surface area contributed by atoms with Crippen LogP contribution in [0, 0.1) is 0 Å². The van der Waals surface area contributed by atoms with Gasteiger partial charge in [0.05, 0.1) is 5.69 Å². The Balaban J connectivity index is 2.06. The molecule has 0 aliphatic heterocycles. The Bertz CT molecular complexity index is 1230. The fourth-order valence-electron chi connectivity index (χ4n) is 2.72. The number of rotatable bonds is 6. The minimum absolute atomic E-state index is 0.259. The third-order valence-electron chi connectivity index (χ3n) is 4.05. The monoisotopic (exact) mass is 453 g/mol. The first-order valence-electron chi connectivity index (χ1n) is 8.50. The number of alkyl halides is 3. The van der Waals surface area contributed by atoms with E-state index in [9.17, 15) is 31.5 Å². The first kappa shape index (κ1) is 22.0. The number of hydrogen-bond donors (Lipinski definition) is 3. The number of hydrogen-bond acceptors (Lipinski definition) is 5. The molecule has 0 unspecified atom stereocenters. The van der Waals surface area contributed by atoms with Crippen LogP contribution >= 0.6 is 0 Å². The molecule has 0 saturated carbocycles. The number of phenols is 1. The van der Waals surface area contributed by atoms with Crippen LogP contribution in [0.3, 0.4) is 0 Å². The summed E-state index contributed by atoms with van der Waals surface area (Å²) in [7, 11) is -4.63. The van der Waals surface area contributed by atoms with Crippen molar-refractivity contribution < 1.29 is 41.3 Å². The number of anilines is 1. The minimum Gasteiger partial charge on any atom is -0.507 e. The number of benzene rings is 3. The van der Waals surface area contributed by atoms with Gasteiger partial charge in [-0.15, -0.1) is 13.2 Å². The van der Waals surface area contributed by atoms with Crippen LogP contribution < -0.4 is 9.46 Å². The largest absolute Gasteiger partial charge is 0.573 e. The van der Waals surface area contributed by atoms with Gasteiger partial charge in [0.2, 0.25) is 0 Å². The van der Waals surface area contributed by atoms with E-state index in [1.54, 1.807) is 30.3 Å². The highest BCUT2D eigenvalue weighted by Crippen LogP contribution is 2.35. The lowest BCUT2D eigenvalue weighted by atomic mass is 10.1. The predicted octanol–water partition coefficient (Wildman–Crippen LogP) is 4.46. The molecule has 0 radical (unpaired) electrons. The second kappa shape index (κ2) is 8.19. The Morgan fingerprint density at radius 3 is 2.19 bits per heavy atom. The van der Waals surface area contributed by atoms with Gasteiger partial charge in [0.25, 0.3) is 10.0 Å². The van der Waals surface area contributed by atoms with E-state index in [-0.39, 0.29) is 5.69 Å². The summed E-state index contributed by atoms with van der Waals surface area (Å²) in [4.78, 5) is 10.2. The SMILES string of the molecule is O=C(O)c1ccc(NS(=O)(=O)c2cc(-c3ccccc3)ccc2OC(F)(F)F)cc1O. The Kier molecular flexibility index (Phi) is 5.80. The number of aromatic hydroxyl groups is 1. The highest BCUT2D eigenvalue weighted by Gasteiger charge is 2.34. The molecular weight excluding hydrogens is 439 g/mol. The molecule has 0 aliphatic rings. The molecule has 31 heavy (non-hydrogen) atoms. The van der Waals surface area contributed by atoms with Crippen LogP contribution in [-0.2, 0) is 10.0 Å². The normalized spacial score (nSPS) is 11.7. The molecule has 3 rings (SSSR count). The molecule has 7 nitrogen and oxygen atoms in total. The van der Waals surface area contributed by atoms with Crippen molar-refractivity contribution in [3.63, 3.8) is 0 Å². The second-order valence-electron chi connectivity index (χ2n) is 6.22. The number of halogens is 3. The van der Waals surface area contributed by atoms with Crippen LogP contribution in [0.15, 0.2) is 71.6 Å².